The van der Waals surface area contributed by atoms with Gasteiger partial charge in [0, 0.05) is 5.69 Å². The first kappa shape index (κ1) is 14.6. The summed E-state index contributed by atoms with van der Waals surface area (Å²) in [5, 5.41) is 13.0. The minimum Gasteiger partial charge on any atom is -0.376 e. The van der Waals surface area contributed by atoms with Crippen molar-refractivity contribution in [3.63, 3.8) is 0 Å². The second kappa shape index (κ2) is 7.68. The minimum atomic E-state index is 0.00723. The van der Waals surface area contributed by atoms with Gasteiger partial charge in [0.05, 0.1) is 6.04 Å². The van der Waals surface area contributed by atoms with E-state index in [9.17, 15) is 5.11 Å². The first-order valence-corrected chi connectivity index (χ1v) is 6.99. The summed E-state index contributed by atoms with van der Waals surface area (Å²) < 4.78 is 0. The third-order valence-electron chi connectivity index (χ3n) is 3.47. The van der Waals surface area contributed by atoms with Crippen LogP contribution in [0.1, 0.15) is 18.0 Å². The summed E-state index contributed by atoms with van der Waals surface area (Å²) in [6.45, 7) is 0.913. The molecule has 0 saturated carbocycles. The molecule has 20 heavy (non-hydrogen) atoms. The predicted octanol–water partition coefficient (Wildman–Crippen LogP) is 2.79. The van der Waals surface area contributed by atoms with E-state index in [-0.39, 0.29) is 12.8 Å². The van der Waals surface area contributed by atoms with E-state index in [1.807, 2.05) is 60.5 Å². The second-order valence-corrected chi connectivity index (χ2v) is 4.77. The van der Waals surface area contributed by atoms with Gasteiger partial charge in [0.25, 0.3) is 0 Å². The molecule has 0 bridgehead atoms. The molecule has 106 valence electrons. The number of nitrogens with one attached hydrogen (secondary N) is 1. The van der Waals surface area contributed by atoms with Gasteiger partial charge < -0.3 is 15.3 Å². The third kappa shape index (κ3) is 3.59. The molecule has 2 aromatic carbocycles. The van der Waals surface area contributed by atoms with Gasteiger partial charge in [-0.25, -0.2) is 0 Å². The number of rotatable bonds is 7. The first-order valence-electron chi connectivity index (χ1n) is 6.99. The number of aliphatic hydroxyl groups is 1. The van der Waals surface area contributed by atoms with Crippen LogP contribution < -0.4 is 10.2 Å². The minimum absolute atomic E-state index is 0.00723. The smallest absolute Gasteiger partial charge is 0.116 e. The molecule has 2 N–H and O–H groups in total. The average Bonchev–Trinajstić information content (AvgIpc) is 2.53. The van der Waals surface area contributed by atoms with Gasteiger partial charge in [-0.05, 0) is 37.7 Å². The van der Waals surface area contributed by atoms with Crippen LogP contribution in [0.25, 0.3) is 0 Å². The van der Waals surface area contributed by atoms with E-state index in [0.717, 1.165) is 18.7 Å². The van der Waals surface area contributed by atoms with Gasteiger partial charge >= 0.3 is 0 Å². The van der Waals surface area contributed by atoms with Crippen molar-refractivity contribution < 1.29 is 5.11 Å². The Hall–Kier alpha value is -1.84. The van der Waals surface area contributed by atoms with Crippen molar-refractivity contribution in [3.05, 3.63) is 66.2 Å². The average molecular weight is 270 g/mol. The Morgan fingerprint density at radius 3 is 2.15 bits per heavy atom. The maximum absolute atomic E-state index is 9.82. The quantitative estimate of drug-likeness (QED) is 0.759. The summed E-state index contributed by atoms with van der Waals surface area (Å²) in [6, 6.07) is 20.6. The number of aliphatic hydroxyl groups excluding tert-OH is 1. The van der Waals surface area contributed by atoms with E-state index in [4.69, 9.17) is 0 Å². The first-order chi connectivity index (χ1) is 9.86. The van der Waals surface area contributed by atoms with Crippen molar-refractivity contribution in [2.24, 2.45) is 0 Å². The lowest BCUT2D eigenvalue weighted by atomic mass is 10.0. The zero-order valence-electron chi connectivity index (χ0n) is 11.9. The molecule has 2 aromatic rings. The number of para-hydroxylation sites is 1. The summed E-state index contributed by atoms with van der Waals surface area (Å²) in [5.74, 6) is 0. The standard InChI is InChI=1S/C17H22N2O/c1-18-13-12-17(15-8-4-2-5-9-15)19(14-20)16-10-6-3-7-11-16/h2-11,17-18,20H,12-14H2,1H3. The van der Waals surface area contributed by atoms with Crippen LogP contribution in [0.5, 0.6) is 0 Å². The molecule has 0 aliphatic carbocycles. The molecule has 3 heteroatoms. The fourth-order valence-electron chi connectivity index (χ4n) is 2.44. The molecule has 0 radical (unpaired) electrons. The fourth-order valence-corrected chi connectivity index (χ4v) is 2.44. The Morgan fingerprint density at radius 1 is 1.00 bits per heavy atom. The van der Waals surface area contributed by atoms with Gasteiger partial charge in [-0.2, -0.15) is 0 Å². The van der Waals surface area contributed by atoms with Crippen molar-refractivity contribution in [2.45, 2.75) is 12.5 Å². The van der Waals surface area contributed by atoms with Gasteiger partial charge in [-0.15, -0.1) is 0 Å². The summed E-state index contributed by atoms with van der Waals surface area (Å²) >= 11 is 0. The van der Waals surface area contributed by atoms with Crippen molar-refractivity contribution in [1.82, 2.24) is 5.32 Å². The van der Waals surface area contributed by atoms with Crippen LogP contribution >= 0.6 is 0 Å². The predicted molar refractivity (Wildman–Crippen MR) is 83.7 cm³/mol. The Morgan fingerprint density at radius 2 is 1.60 bits per heavy atom. The van der Waals surface area contributed by atoms with Crippen LogP contribution in [-0.4, -0.2) is 25.4 Å². The third-order valence-corrected chi connectivity index (χ3v) is 3.47. The van der Waals surface area contributed by atoms with Crippen molar-refractivity contribution >= 4 is 5.69 Å². The Kier molecular flexibility index (Phi) is 5.59. The molecule has 0 heterocycles. The highest BCUT2D eigenvalue weighted by atomic mass is 16.3. The summed E-state index contributed by atoms with van der Waals surface area (Å²) in [4.78, 5) is 2.03. The number of anilines is 1. The summed E-state index contributed by atoms with van der Waals surface area (Å²) in [5.41, 5.74) is 2.26. The maximum Gasteiger partial charge on any atom is 0.116 e. The Labute approximate surface area is 120 Å². The fraction of sp³-hybridized carbons (Fsp3) is 0.294. The number of hydrogen-bond donors (Lipinski definition) is 2. The molecule has 0 aliphatic heterocycles. The lowest BCUT2D eigenvalue weighted by Gasteiger charge is -2.32. The summed E-state index contributed by atoms with van der Waals surface area (Å²) in [7, 11) is 1.95. The highest BCUT2D eigenvalue weighted by molar-refractivity contribution is 5.48. The van der Waals surface area contributed by atoms with E-state index in [0.29, 0.717) is 0 Å². The molecular weight excluding hydrogens is 248 g/mol. The zero-order chi connectivity index (χ0) is 14.2. The maximum atomic E-state index is 9.82. The van der Waals surface area contributed by atoms with E-state index < -0.39 is 0 Å². The highest BCUT2D eigenvalue weighted by Gasteiger charge is 2.19. The van der Waals surface area contributed by atoms with Crippen LogP contribution in [-0.2, 0) is 0 Å². The highest BCUT2D eigenvalue weighted by Crippen LogP contribution is 2.28. The SMILES string of the molecule is CNCCC(c1ccccc1)N(CO)c1ccccc1. The van der Waals surface area contributed by atoms with E-state index in [1.54, 1.807) is 0 Å². The molecule has 3 nitrogen and oxygen atoms in total. The van der Waals surface area contributed by atoms with Gasteiger partial charge in [0.15, 0.2) is 0 Å². The summed E-state index contributed by atoms with van der Waals surface area (Å²) in [6.07, 6.45) is 0.940. The largest absolute Gasteiger partial charge is 0.376 e. The van der Waals surface area contributed by atoms with Crippen molar-refractivity contribution in [3.8, 4) is 0 Å². The number of nitrogens with zero attached hydrogens (tertiary/aromatic N) is 1. The molecule has 1 unspecified atom stereocenters. The lowest BCUT2D eigenvalue weighted by molar-refractivity contribution is 0.274. The monoisotopic (exact) mass is 270 g/mol. The van der Waals surface area contributed by atoms with Crippen LogP contribution in [0.4, 0.5) is 5.69 Å². The molecule has 2 rings (SSSR count). The molecule has 1 atom stereocenters. The van der Waals surface area contributed by atoms with E-state index in [1.165, 1.54) is 5.56 Å². The normalized spacial score (nSPS) is 12.1. The second-order valence-electron chi connectivity index (χ2n) is 4.77. The van der Waals surface area contributed by atoms with Gasteiger partial charge in [-0.3, -0.25) is 0 Å². The zero-order valence-corrected chi connectivity index (χ0v) is 11.9. The van der Waals surface area contributed by atoms with Gasteiger partial charge in [0.1, 0.15) is 6.73 Å². The molecule has 0 fully saturated rings. The molecule has 0 spiro atoms. The van der Waals surface area contributed by atoms with Crippen LogP contribution in [0.15, 0.2) is 60.7 Å². The van der Waals surface area contributed by atoms with Crippen molar-refractivity contribution in [1.29, 1.82) is 0 Å². The molecule has 0 aliphatic rings. The molecular formula is C17H22N2O. The lowest BCUT2D eigenvalue weighted by Crippen LogP contribution is -2.31. The number of hydrogen-bond acceptors (Lipinski definition) is 3. The number of benzene rings is 2. The van der Waals surface area contributed by atoms with Gasteiger partial charge in [-0.1, -0.05) is 48.5 Å². The van der Waals surface area contributed by atoms with E-state index in [2.05, 4.69) is 17.4 Å². The molecule has 0 amide bonds. The van der Waals surface area contributed by atoms with Crippen LogP contribution in [0.2, 0.25) is 0 Å². The molecule has 0 aromatic heterocycles. The van der Waals surface area contributed by atoms with Gasteiger partial charge in [0.2, 0.25) is 0 Å². The Balaban J connectivity index is 2.29. The molecule has 0 saturated heterocycles. The topological polar surface area (TPSA) is 35.5 Å². The van der Waals surface area contributed by atoms with Crippen molar-refractivity contribution in [2.75, 3.05) is 25.2 Å². The van der Waals surface area contributed by atoms with E-state index >= 15 is 0 Å². The van der Waals surface area contributed by atoms with Crippen LogP contribution in [0, 0.1) is 0 Å². The van der Waals surface area contributed by atoms with Crippen LogP contribution in [0.3, 0.4) is 0 Å². The Bertz CT molecular complexity index is 487.